The second kappa shape index (κ2) is 6.11. The summed E-state index contributed by atoms with van der Waals surface area (Å²) in [6, 6.07) is 29.2. The molecule has 0 unspecified atom stereocenters. The lowest BCUT2D eigenvalue weighted by Gasteiger charge is -2.20. The molecule has 0 aliphatic heterocycles. The van der Waals surface area contributed by atoms with Crippen LogP contribution in [0.2, 0.25) is 0 Å². The van der Waals surface area contributed by atoms with Gasteiger partial charge in [-0.25, -0.2) is 0 Å². The Morgan fingerprint density at radius 3 is 1.62 bits per heavy atom. The monoisotopic (exact) mass is 268 g/mol. The van der Waals surface area contributed by atoms with Gasteiger partial charge < -0.3 is 0 Å². The van der Waals surface area contributed by atoms with Gasteiger partial charge in [0.25, 0.3) is 0 Å². The van der Waals surface area contributed by atoms with Crippen LogP contribution in [0.25, 0.3) is 0 Å². The molecule has 0 N–H and O–H groups in total. The third-order valence-electron chi connectivity index (χ3n) is 3.69. The van der Waals surface area contributed by atoms with E-state index in [9.17, 15) is 0 Å². The van der Waals surface area contributed by atoms with Gasteiger partial charge in [-0.15, -0.1) is 6.42 Å². The van der Waals surface area contributed by atoms with Gasteiger partial charge >= 0.3 is 0 Å². The van der Waals surface area contributed by atoms with E-state index in [1.807, 2.05) is 24.3 Å². The highest BCUT2D eigenvalue weighted by Crippen LogP contribution is 2.33. The topological polar surface area (TPSA) is 0 Å². The highest BCUT2D eigenvalue weighted by molar-refractivity contribution is 5.50. The molecule has 0 nitrogen and oxygen atoms in total. The van der Waals surface area contributed by atoms with Crippen molar-refractivity contribution in [1.29, 1.82) is 0 Å². The van der Waals surface area contributed by atoms with Crippen LogP contribution in [0.4, 0.5) is 0 Å². The Balaban J connectivity index is 2.21. The Morgan fingerprint density at radius 1 is 0.619 bits per heavy atom. The van der Waals surface area contributed by atoms with Crippen molar-refractivity contribution in [1.82, 2.24) is 0 Å². The molecule has 100 valence electrons. The molecule has 0 bridgehead atoms. The van der Waals surface area contributed by atoms with Crippen LogP contribution in [0.5, 0.6) is 0 Å². The highest BCUT2D eigenvalue weighted by atomic mass is 14.2. The first-order valence-corrected chi connectivity index (χ1v) is 7.05. The zero-order valence-electron chi connectivity index (χ0n) is 11.7. The Bertz CT molecular complexity index is 709. The van der Waals surface area contributed by atoms with E-state index < -0.39 is 0 Å². The molecule has 0 aromatic heterocycles. The van der Waals surface area contributed by atoms with Crippen molar-refractivity contribution in [3.05, 3.63) is 107 Å². The number of rotatable bonds is 3. The first-order valence-electron chi connectivity index (χ1n) is 7.05. The van der Waals surface area contributed by atoms with Gasteiger partial charge in [-0.2, -0.15) is 0 Å². The minimum Gasteiger partial charge on any atom is -0.115 e. The lowest BCUT2D eigenvalue weighted by atomic mass is 9.83. The van der Waals surface area contributed by atoms with Crippen LogP contribution < -0.4 is 0 Å². The van der Waals surface area contributed by atoms with Gasteiger partial charge in [0, 0.05) is 11.5 Å². The van der Waals surface area contributed by atoms with Crippen LogP contribution >= 0.6 is 0 Å². The van der Waals surface area contributed by atoms with Crippen LogP contribution in [0, 0.1) is 12.3 Å². The zero-order chi connectivity index (χ0) is 14.5. The first kappa shape index (κ1) is 13.2. The third-order valence-corrected chi connectivity index (χ3v) is 3.69. The molecule has 0 heteroatoms. The summed E-state index contributed by atoms with van der Waals surface area (Å²) in [5.74, 6) is 2.98. The van der Waals surface area contributed by atoms with Gasteiger partial charge in [0.15, 0.2) is 0 Å². The number of hydrogen-bond acceptors (Lipinski definition) is 0. The molecule has 0 aliphatic carbocycles. The van der Waals surface area contributed by atoms with Crippen molar-refractivity contribution in [2.24, 2.45) is 0 Å². The first-order chi connectivity index (χ1) is 10.4. The summed E-state index contributed by atoms with van der Waals surface area (Å²) in [6.45, 7) is 0. The third kappa shape index (κ3) is 2.73. The van der Waals surface area contributed by atoms with Gasteiger partial charge in [0.2, 0.25) is 0 Å². The number of hydrogen-bond donors (Lipinski definition) is 0. The summed E-state index contributed by atoms with van der Waals surface area (Å²) in [6.07, 6.45) is 5.69. The van der Waals surface area contributed by atoms with Crippen molar-refractivity contribution in [2.75, 3.05) is 0 Å². The molecule has 0 amide bonds. The zero-order valence-corrected chi connectivity index (χ0v) is 11.7. The molecule has 0 aliphatic rings. The lowest BCUT2D eigenvalue weighted by molar-refractivity contribution is 0.973. The molecule has 0 radical (unpaired) electrons. The average molecular weight is 268 g/mol. The van der Waals surface area contributed by atoms with Crippen LogP contribution in [0.3, 0.4) is 0 Å². The molecule has 3 aromatic rings. The summed E-state index contributed by atoms with van der Waals surface area (Å²) < 4.78 is 0. The number of terminal acetylenes is 1. The molecule has 3 aromatic carbocycles. The van der Waals surface area contributed by atoms with Crippen molar-refractivity contribution in [2.45, 2.75) is 5.92 Å². The fourth-order valence-electron chi connectivity index (χ4n) is 2.72. The van der Waals surface area contributed by atoms with Crippen molar-refractivity contribution in [3.8, 4) is 12.3 Å². The molecule has 0 saturated heterocycles. The van der Waals surface area contributed by atoms with Gasteiger partial charge in [-0.3, -0.25) is 0 Å². The van der Waals surface area contributed by atoms with Crippen LogP contribution in [-0.4, -0.2) is 0 Å². The molecule has 21 heavy (non-hydrogen) atoms. The van der Waals surface area contributed by atoms with E-state index in [1.54, 1.807) is 0 Å². The largest absolute Gasteiger partial charge is 0.115 e. The van der Waals surface area contributed by atoms with Crippen LogP contribution in [0.15, 0.2) is 84.9 Å². The molecule has 0 atom stereocenters. The fourth-order valence-corrected chi connectivity index (χ4v) is 2.72. The second-order valence-corrected chi connectivity index (χ2v) is 4.99. The molecule has 0 fully saturated rings. The molecule has 0 heterocycles. The summed E-state index contributed by atoms with van der Waals surface area (Å²) in [4.78, 5) is 0. The van der Waals surface area contributed by atoms with E-state index in [0.29, 0.717) is 0 Å². The molecular weight excluding hydrogens is 252 g/mol. The van der Waals surface area contributed by atoms with E-state index in [1.165, 1.54) is 16.7 Å². The van der Waals surface area contributed by atoms with E-state index in [-0.39, 0.29) is 5.92 Å². The Labute approximate surface area is 126 Å². The minimum absolute atomic E-state index is 0.166. The van der Waals surface area contributed by atoms with Crippen molar-refractivity contribution < 1.29 is 0 Å². The average Bonchev–Trinajstić information content (AvgIpc) is 2.58. The normalized spacial score (nSPS) is 10.3. The predicted octanol–water partition coefficient (Wildman–Crippen LogP) is 4.85. The summed E-state index contributed by atoms with van der Waals surface area (Å²) >= 11 is 0. The molecule has 0 saturated carbocycles. The molecular formula is C21H16. The van der Waals surface area contributed by atoms with Gasteiger partial charge in [-0.1, -0.05) is 84.8 Å². The van der Waals surface area contributed by atoms with Crippen LogP contribution in [-0.2, 0) is 0 Å². The van der Waals surface area contributed by atoms with E-state index in [4.69, 9.17) is 6.42 Å². The fraction of sp³-hybridized carbons (Fsp3) is 0.0476. The quantitative estimate of drug-likeness (QED) is 0.470. The lowest BCUT2D eigenvalue weighted by Crippen LogP contribution is -2.05. The summed E-state index contributed by atoms with van der Waals surface area (Å²) in [5.41, 5.74) is 4.64. The predicted molar refractivity (Wildman–Crippen MR) is 88.2 cm³/mol. The van der Waals surface area contributed by atoms with E-state index in [0.717, 1.165) is 5.56 Å². The van der Waals surface area contributed by atoms with Gasteiger partial charge in [-0.05, 0) is 22.8 Å². The van der Waals surface area contributed by atoms with Gasteiger partial charge in [0.1, 0.15) is 0 Å². The summed E-state index contributed by atoms with van der Waals surface area (Å²) in [7, 11) is 0. The van der Waals surface area contributed by atoms with Crippen molar-refractivity contribution in [3.63, 3.8) is 0 Å². The second-order valence-electron chi connectivity index (χ2n) is 4.99. The summed E-state index contributed by atoms with van der Waals surface area (Å²) in [5, 5.41) is 0. The smallest absolute Gasteiger partial charge is 0.0352 e. The maximum atomic E-state index is 5.69. The number of benzene rings is 3. The van der Waals surface area contributed by atoms with Crippen LogP contribution in [0.1, 0.15) is 28.2 Å². The van der Waals surface area contributed by atoms with E-state index in [2.05, 4.69) is 66.6 Å². The van der Waals surface area contributed by atoms with Crippen molar-refractivity contribution >= 4 is 0 Å². The highest BCUT2D eigenvalue weighted by Gasteiger charge is 2.18. The van der Waals surface area contributed by atoms with Gasteiger partial charge in [0.05, 0.1) is 0 Å². The molecule has 0 spiro atoms. The molecule has 3 rings (SSSR count). The maximum Gasteiger partial charge on any atom is 0.0352 e. The Morgan fingerprint density at radius 2 is 1.10 bits per heavy atom. The maximum absolute atomic E-state index is 5.69. The SMILES string of the molecule is C#Cc1ccccc1C(c1ccccc1)c1ccccc1. The standard InChI is InChI=1S/C21H16/c1-2-17-11-9-10-16-20(17)21(18-12-5-3-6-13-18)19-14-7-4-8-15-19/h1,3-16,21H. The minimum atomic E-state index is 0.166. The Kier molecular flexibility index (Phi) is 3.85. The Hall–Kier alpha value is -2.78. The van der Waals surface area contributed by atoms with E-state index >= 15 is 0 Å².